The molecule has 0 aliphatic carbocycles. The van der Waals surface area contributed by atoms with Gasteiger partial charge in [0.2, 0.25) is 5.79 Å². The van der Waals surface area contributed by atoms with Gasteiger partial charge in [0.1, 0.15) is 19.2 Å². The summed E-state index contributed by atoms with van der Waals surface area (Å²) in [6.45, 7) is 2.18. The van der Waals surface area contributed by atoms with Gasteiger partial charge in [-0.05, 0) is 30.7 Å². The highest BCUT2D eigenvalue weighted by Gasteiger charge is 2.45. The van der Waals surface area contributed by atoms with Gasteiger partial charge in [-0.15, -0.1) is 0 Å². The Morgan fingerprint density at radius 3 is 2.74 bits per heavy atom. The first-order chi connectivity index (χ1) is 14.7. The van der Waals surface area contributed by atoms with Crippen LogP contribution in [0.1, 0.15) is 16.7 Å². The average molecular weight is 484 g/mol. The molecule has 31 heavy (non-hydrogen) atoms. The lowest BCUT2D eigenvalue weighted by molar-refractivity contribution is -0.188. The second-order valence-electron chi connectivity index (χ2n) is 7.31. The van der Waals surface area contributed by atoms with Crippen LogP contribution in [0.15, 0.2) is 53.9 Å². The number of halogens is 2. The van der Waals surface area contributed by atoms with Crippen LogP contribution in [0.2, 0.25) is 10.0 Å². The van der Waals surface area contributed by atoms with Crippen molar-refractivity contribution in [1.82, 2.24) is 14.8 Å². The fraction of sp³-hybridized carbons (Fsp3) is 0.300. The molecule has 1 fully saturated rings. The average Bonchev–Trinajstić information content (AvgIpc) is 3.31. The van der Waals surface area contributed by atoms with Crippen molar-refractivity contribution in [3.8, 4) is 0 Å². The van der Waals surface area contributed by atoms with E-state index in [1.165, 1.54) is 18.7 Å². The minimum atomic E-state index is -4.38. The second-order valence-corrected chi connectivity index (χ2v) is 9.54. The number of hydrogen-bond acceptors (Lipinski definition) is 6. The zero-order valence-electron chi connectivity index (χ0n) is 16.4. The molecule has 2 atom stereocenters. The summed E-state index contributed by atoms with van der Waals surface area (Å²) in [5.74, 6) is -1.28. The van der Waals surface area contributed by atoms with Gasteiger partial charge in [0.05, 0.1) is 22.6 Å². The first-order valence-electron chi connectivity index (χ1n) is 9.33. The van der Waals surface area contributed by atoms with Crippen molar-refractivity contribution < 1.29 is 22.4 Å². The van der Waals surface area contributed by atoms with Gasteiger partial charge in [0.15, 0.2) is 0 Å². The Morgan fingerprint density at radius 1 is 1.26 bits per heavy atom. The SMILES string of the molecule is Cc1ccc(S(=O)(=O)O)c(C[C@@H]2CO[C@@](Cn3cncn3)(c3ccc(Cl)cc3Cl)O2)c1. The van der Waals surface area contributed by atoms with E-state index in [4.69, 9.17) is 32.7 Å². The van der Waals surface area contributed by atoms with Crippen molar-refractivity contribution >= 4 is 33.3 Å². The molecule has 1 aromatic heterocycles. The molecule has 4 rings (SSSR count). The first kappa shape index (κ1) is 22.2. The van der Waals surface area contributed by atoms with E-state index in [1.54, 1.807) is 35.0 Å². The van der Waals surface area contributed by atoms with Gasteiger partial charge in [-0.1, -0.05) is 47.0 Å². The van der Waals surface area contributed by atoms with Gasteiger partial charge in [0.25, 0.3) is 10.1 Å². The van der Waals surface area contributed by atoms with Gasteiger partial charge in [-0.2, -0.15) is 13.5 Å². The summed E-state index contributed by atoms with van der Waals surface area (Å²) < 4.78 is 47.2. The fourth-order valence-corrected chi connectivity index (χ4v) is 4.93. The third-order valence-corrected chi connectivity index (χ3v) is 6.48. The first-order valence-corrected chi connectivity index (χ1v) is 11.5. The minimum absolute atomic E-state index is 0.153. The van der Waals surface area contributed by atoms with Crippen LogP contribution in [0, 0.1) is 6.92 Å². The Balaban J connectivity index is 1.68. The number of aryl methyl sites for hydroxylation is 1. The lowest BCUT2D eigenvalue weighted by Crippen LogP contribution is -2.34. The molecular weight excluding hydrogens is 465 g/mol. The Kier molecular flexibility index (Phi) is 6.08. The Labute approximate surface area is 189 Å². The van der Waals surface area contributed by atoms with Crippen molar-refractivity contribution in [2.45, 2.75) is 36.7 Å². The van der Waals surface area contributed by atoms with Crippen molar-refractivity contribution in [2.75, 3.05) is 6.61 Å². The van der Waals surface area contributed by atoms with Crippen LogP contribution < -0.4 is 0 Å². The molecule has 1 N–H and O–H groups in total. The summed E-state index contributed by atoms with van der Waals surface area (Å²) in [7, 11) is -4.38. The highest BCUT2D eigenvalue weighted by Crippen LogP contribution is 2.41. The van der Waals surface area contributed by atoms with Crippen molar-refractivity contribution in [2.24, 2.45) is 0 Å². The lowest BCUT2D eigenvalue weighted by Gasteiger charge is -2.29. The maximum atomic E-state index is 11.8. The third-order valence-electron chi connectivity index (χ3n) is 4.98. The topological polar surface area (TPSA) is 104 Å². The number of rotatable bonds is 6. The standard InChI is InChI=1S/C20H19Cl2N3O5S/c1-13-2-5-19(31(26,27)28)14(6-13)7-16-9-29-20(30-16,10-25-12-23-11-24-25)17-4-3-15(21)8-18(17)22/h2-6,8,11-12,16H,7,9-10H2,1H3,(H,26,27,28)/t16-,20-/m1/s1. The molecule has 11 heteroatoms. The highest BCUT2D eigenvalue weighted by molar-refractivity contribution is 7.85. The molecule has 1 aliphatic rings. The summed E-state index contributed by atoms with van der Waals surface area (Å²) >= 11 is 12.5. The number of aromatic nitrogens is 3. The van der Waals surface area contributed by atoms with E-state index in [2.05, 4.69) is 10.1 Å². The van der Waals surface area contributed by atoms with Gasteiger partial charge >= 0.3 is 0 Å². The fourth-order valence-electron chi connectivity index (χ4n) is 3.67. The van der Waals surface area contributed by atoms with E-state index in [0.717, 1.165) is 5.56 Å². The van der Waals surface area contributed by atoms with Crippen LogP contribution in [0.4, 0.5) is 0 Å². The summed E-state index contributed by atoms with van der Waals surface area (Å²) in [5.41, 5.74) is 1.86. The molecule has 8 nitrogen and oxygen atoms in total. The molecule has 164 valence electrons. The van der Waals surface area contributed by atoms with Gasteiger partial charge in [0, 0.05) is 17.0 Å². The van der Waals surface area contributed by atoms with Crippen LogP contribution in [-0.4, -0.2) is 40.4 Å². The molecule has 2 heterocycles. The van der Waals surface area contributed by atoms with E-state index >= 15 is 0 Å². The van der Waals surface area contributed by atoms with E-state index in [-0.39, 0.29) is 24.5 Å². The monoisotopic (exact) mass is 483 g/mol. The molecule has 1 aliphatic heterocycles. The van der Waals surface area contributed by atoms with Crippen molar-refractivity contribution in [3.63, 3.8) is 0 Å². The van der Waals surface area contributed by atoms with Crippen LogP contribution in [0.3, 0.4) is 0 Å². The smallest absolute Gasteiger partial charge is 0.294 e. The molecule has 0 radical (unpaired) electrons. The van der Waals surface area contributed by atoms with Crippen LogP contribution in [-0.2, 0) is 38.3 Å². The number of benzene rings is 2. The zero-order chi connectivity index (χ0) is 22.2. The highest BCUT2D eigenvalue weighted by atomic mass is 35.5. The van der Waals surface area contributed by atoms with Gasteiger partial charge in [-0.3, -0.25) is 4.55 Å². The predicted molar refractivity (Wildman–Crippen MR) is 114 cm³/mol. The maximum Gasteiger partial charge on any atom is 0.294 e. The van der Waals surface area contributed by atoms with Gasteiger partial charge < -0.3 is 9.47 Å². The summed E-state index contributed by atoms with van der Waals surface area (Å²) in [5, 5.41) is 4.96. The molecular formula is C20H19Cl2N3O5S. The van der Waals surface area contributed by atoms with E-state index < -0.39 is 22.0 Å². The Morgan fingerprint density at radius 2 is 2.06 bits per heavy atom. The number of hydrogen-bond donors (Lipinski definition) is 1. The molecule has 0 unspecified atom stereocenters. The van der Waals surface area contributed by atoms with Gasteiger partial charge in [-0.25, -0.2) is 9.67 Å². The summed E-state index contributed by atoms with van der Waals surface area (Å²) in [4.78, 5) is 3.80. The van der Waals surface area contributed by atoms with Crippen molar-refractivity contribution in [1.29, 1.82) is 0 Å². The van der Waals surface area contributed by atoms with Crippen LogP contribution in [0.5, 0.6) is 0 Å². The minimum Gasteiger partial charge on any atom is -0.342 e. The molecule has 2 aromatic carbocycles. The third kappa shape index (κ3) is 4.77. The normalized spacial score (nSPS) is 21.5. The Bertz CT molecular complexity index is 1200. The molecule has 1 saturated heterocycles. The van der Waals surface area contributed by atoms with E-state index in [9.17, 15) is 13.0 Å². The van der Waals surface area contributed by atoms with Crippen LogP contribution >= 0.6 is 23.2 Å². The van der Waals surface area contributed by atoms with Crippen LogP contribution in [0.25, 0.3) is 0 Å². The molecule has 0 saturated carbocycles. The van der Waals surface area contributed by atoms with E-state index in [1.807, 2.05) is 6.92 Å². The molecule has 0 amide bonds. The molecule has 0 bridgehead atoms. The largest absolute Gasteiger partial charge is 0.342 e. The number of ether oxygens (including phenoxy) is 2. The second kappa shape index (κ2) is 8.50. The quantitative estimate of drug-likeness (QED) is 0.533. The molecule has 3 aromatic rings. The summed E-state index contributed by atoms with van der Waals surface area (Å²) in [6.07, 6.45) is 2.64. The number of nitrogens with zero attached hydrogens (tertiary/aromatic N) is 3. The lowest BCUT2D eigenvalue weighted by atomic mass is 10.0. The summed E-state index contributed by atoms with van der Waals surface area (Å²) in [6, 6.07) is 9.72. The Hall–Kier alpha value is -2.01. The maximum absolute atomic E-state index is 11.8. The predicted octanol–water partition coefficient (Wildman–Crippen LogP) is 3.65. The van der Waals surface area contributed by atoms with Crippen molar-refractivity contribution in [3.05, 3.63) is 75.8 Å². The van der Waals surface area contributed by atoms with E-state index in [0.29, 0.717) is 21.2 Å². The molecule has 0 spiro atoms. The zero-order valence-corrected chi connectivity index (χ0v) is 18.7.